The molecule has 232 valence electrons. The maximum Gasteiger partial charge on any atom is 0.229 e. The lowest BCUT2D eigenvalue weighted by Crippen LogP contribution is -2.69. The number of methoxy groups -OCH3 is 1. The molecule has 2 aromatic rings. The van der Waals surface area contributed by atoms with Crippen LogP contribution in [0.1, 0.15) is 72.7 Å². The predicted molar refractivity (Wildman–Crippen MR) is 149 cm³/mol. The van der Waals surface area contributed by atoms with Gasteiger partial charge in [-0.2, -0.15) is 0 Å². The average molecular weight is 599 g/mol. The van der Waals surface area contributed by atoms with E-state index in [1.807, 2.05) is 19.9 Å². The molecule has 43 heavy (non-hydrogen) atoms. The van der Waals surface area contributed by atoms with E-state index in [1.54, 1.807) is 14.0 Å². The van der Waals surface area contributed by atoms with Crippen molar-refractivity contribution in [2.45, 2.75) is 99.9 Å². The Labute approximate surface area is 248 Å². The van der Waals surface area contributed by atoms with Gasteiger partial charge in [0.25, 0.3) is 0 Å². The van der Waals surface area contributed by atoms with Gasteiger partial charge in [-0.05, 0) is 50.7 Å². The number of Topliss-reactive ketones (excluding diaryl/α,β-unsaturated/α-hetero) is 1. The number of phenolic OH excluding ortho intramolecular Hbond substituents is 1. The molecule has 6 aliphatic rings. The average Bonchev–Trinajstić information content (AvgIpc) is 3.63. The second-order valence-corrected chi connectivity index (χ2v) is 13.6. The molecular weight excluding hydrogens is 560 g/mol. The number of hydrogen-bond donors (Lipinski definition) is 4. The van der Waals surface area contributed by atoms with Crippen molar-refractivity contribution in [3.63, 3.8) is 0 Å². The number of ether oxygens (including phenoxy) is 6. The summed E-state index contributed by atoms with van der Waals surface area (Å²) in [4.78, 5) is 13.1. The van der Waals surface area contributed by atoms with Gasteiger partial charge in [0.1, 0.15) is 36.1 Å². The van der Waals surface area contributed by atoms with Gasteiger partial charge in [0, 0.05) is 29.4 Å². The zero-order valence-corrected chi connectivity index (χ0v) is 24.8. The van der Waals surface area contributed by atoms with Crippen LogP contribution < -0.4 is 9.47 Å². The smallest absolute Gasteiger partial charge is 0.229 e. The summed E-state index contributed by atoms with van der Waals surface area (Å²) >= 11 is 0. The topological polar surface area (TPSA) is 157 Å². The highest BCUT2D eigenvalue weighted by molar-refractivity contribution is 6.11. The van der Waals surface area contributed by atoms with Gasteiger partial charge < -0.3 is 48.8 Å². The van der Waals surface area contributed by atoms with Crippen LogP contribution in [0, 0.1) is 12.8 Å². The maximum absolute atomic E-state index is 13.1. The SMILES string of the molecule is COc1c2c(c(O)c3c4c(c(C)cc13)C1OC3(CO[C@@H]5C[C@@H](C)[C@@H](O)[C@](C)(O)C5)OC1[C@@](CO)(O4)[C@@]31CO1)C(=O)CCC2. The fourth-order valence-corrected chi connectivity index (χ4v) is 8.87. The molecule has 1 spiro atoms. The molecule has 4 fully saturated rings. The van der Waals surface area contributed by atoms with E-state index in [4.69, 9.17) is 28.4 Å². The van der Waals surface area contributed by atoms with Crippen LogP contribution in [0.25, 0.3) is 10.8 Å². The lowest BCUT2D eigenvalue weighted by Gasteiger charge is -2.49. The number of carbonyl (C=O) groups excluding carboxylic acids is 1. The lowest BCUT2D eigenvalue weighted by atomic mass is 9.72. The predicted octanol–water partition coefficient (Wildman–Crippen LogP) is 2.37. The third-order valence-electron chi connectivity index (χ3n) is 11.0. The van der Waals surface area contributed by atoms with E-state index in [9.17, 15) is 25.2 Å². The van der Waals surface area contributed by atoms with E-state index in [2.05, 4.69) is 0 Å². The first-order chi connectivity index (χ1) is 20.4. The zero-order chi connectivity index (χ0) is 30.3. The second-order valence-electron chi connectivity index (χ2n) is 13.6. The van der Waals surface area contributed by atoms with Crippen molar-refractivity contribution in [1.82, 2.24) is 0 Å². The van der Waals surface area contributed by atoms with Crippen LogP contribution in [-0.2, 0) is 25.4 Å². The molecule has 4 aliphatic heterocycles. The van der Waals surface area contributed by atoms with Crippen LogP contribution in [0.15, 0.2) is 6.07 Å². The first-order valence-electron chi connectivity index (χ1n) is 15.2. The fraction of sp³-hybridized carbons (Fsp3) is 0.656. The molecule has 11 heteroatoms. The van der Waals surface area contributed by atoms with Gasteiger partial charge in [0.15, 0.2) is 17.0 Å². The molecule has 0 aromatic heterocycles. The minimum atomic E-state index is -1.39. The summed E-state index contributed by atoms with van der Waals surface area (Å²) in [5.74, 6) is -1.01. The van der Waals surface area contributed by atoms with Crippen molar-refractivity contribution in [3.05, 3.63) is 28.3 Å². The summed E-state index contributed by atoms with van der Waals surface area (Å²) in [6.07, 6.45) is -0.199. The summed E-state index contributed by atoms with van der Waals surface area (Å²) in [7, 11) is 1.56. The van der Waals surface area contributed by atoms with E-state index in [-0.39, 0.29) is 48.8 Å². The number of fused-ring (bicyclic) bond motifs is 8. The molecule has 9 atom stereocenters. The number of benzene rings is 2. The molecule has 11 nitrogen and oxygen atoms in total. The summed E-state index contributed by atoms with van der Waals surface area (Å²) in [6, 6.07) is 1.92. The summed E-state index contributed by atoms with van der Waals surface area (Å²) in [5, 5.41) is 44.9. The summed E-state index contributed by atoms with van der Waals surface area (Å²) in [6.45, 7) is 5.13. The Morgan fingerprint density at radius 3 is 2.65 bits per heavy atom. The lowest BCUT2D eigenvalue weighted by molar-refractivity contribution is -0.260. The Hall–Kier alpha value is -2.51. The molecule has 3 saturated heterocycles. The molecule has 4 heterocycles. The summed E-state index contributed by atoms with van der Waals surface area (Å²) < 4.78 is 38.4. The maximum atomic E-state index is 13.1. The summed E-state index contributed by atoms with van der Waals surface area (Å²) in [5.41, 5.74) is -1.41. The van der Waals surface area contributed by atoms with Crippen LogP contribution in [0.4, 0.5) is 0 Å². The molecule has 8 rings (SSSR count). The van der Waals surface area contributed by atoms with E-state index in [0.717, 1.165) is 5.56 Å². The highest BCUT2D eigenvalue weighted by atomic mass is 16.8. The molecule has 2 aromatic carbocycles. The van der Waals surface area contributed by atoms with Crippen molar-refractivity contribution in [3.8, 4) is 17.2 Å². The first-order valence-corrected chi connectivity index (χ1v) is 15.2. The highest BCUT2D eigenvalue weighted by Crippen LogP contribution is 2.70. The number of hydrogen-bond acceptors (Lipinski definition) is 11. The molecule has 2 aliphatic carbocycles. The molecule has 4 N–H and O–H groups in total. The minimum Gasteiger partial charge on any atom is -0.506 e. The van der Waals surface area contributed by atoms with Gasteiger partial charge in [0.05, 0.1) is 49.1 Å². The highest BCUT2D eigenvalue weighted by Gasteiger charge is 2.90. The normalized spacial score (nSPS) is 42.2. The number of aliphatic hydroxyl groups is 3. The van der Waals surface area contributed by atoms with Gasteiger partial charge in [-0.3, -0.25) is 4.79 Å². The van der Waals surface area contributed by atoms with Crippen molar-refractivity contribution >= 4 is 16.6 Å². The number of carbonyl (C=O) groups is 1. The quantitative estimate of drug-likeness (QED) is 0.375. The molecule has 2 bridgehead atoms. The number of aromatic hydroxyl groups is 1. The Bertz CT molecular complexity index is 1560. The van der Waals surface area contributed by atoms with Crippen molar-refractivity contribution in [2.75, 3.05) is 26.9 Å². The molecule has 0 radical (unpaired) electrons. The van der Waals surface area contributed by atoms with Gasteiger partial charge in [-0.1, -0.05) is 6.92 Å². The number of rotatable bonds is 5. The molecule has 1 saturated carbocycles. The monoisotopic (exact) mass is 598 g/mol. The van der Waals surface area contributed by atoms with Gasteiger partial charge in [-0.25, -0.2) is 0 Å². The largest absolute Gasteiger partial charge is 0.506 e. The van der Waals surface area contributed by atoms with Crippen LogP contribution in [0.5, 0.6) is 17.2 Å². The van der Waals surface area contributed by atoms with Crippen molar-refractivity contribution < 1.29 is 53.6 Å². The molecule has 3 unspecified atom stereocenters. The zero-order valence-electron chi connectivity index (χ0n) is 24.8. The van der Waals surface area contributed by atoms with Crippen molar-refractivity contribution in [1.29, 1.82) is 0 Å². The third-order valence-corrected chi connectivity index (χ3v) is 11.0. The molecule has 0 amide bonds. The first kappa shape index (κ1) is 28.0. The number of aliphatic hydroxyl groups excluding tert-OH is 2. The van der Waals surface area contributed by atoms with Gasteiger partial charge in [-0.15, -0.1) is 0 Å². The van der Waals surface area contributed by atoms with Gasteiger partial charge in [0.2, 0.25) is 5.79 Å². The standard InChI is InChI=1S/C32H38O11/c1-14-9-18-22(23(35)21-17(24(18)38-4)6-5-7-19(21)34)25-20(14)26-28-30(11-33,41-25)31(12-40-31)32(42-26,43-28)13-39-16-8-15(2)27(36)29(3,37)10-16/h9,15-16,26-28,33,35-37H,5-8,10-13H2,1-4H3/t15-,16-,26?,27-,28?,29-,30-,31+,32?/m1/s1. The van der Waals surface area contributed by atoms with E-state index >= 15 is 0 Å². The Kier molecular flexibility index (Phi) is 5.74. The number of aryl methyl sites for hydroxylation is 1. The Morgan fingerprint density at radius 2 is 1.98 bits per heavy atom. The van der Waals surface area contributed by atoms with Crippen LogP contribution >= 0.6 is 0 Å². The van der Waals surface area contributed by atoms with E-state index in [1.165, 1.54) is 0 Å². The second kappa shape index (κ2) is 8.81. The van der Waals surface area contributed by atoms with E-state index in [0.29, 0.717) is 59.1 Å². The minimum absolute atomic E-state index is 0.0300. The fourth-order valence-electron chi connectivity index (χ4n) is 8.87. The number of epoxide rings is 1. The third kappa shape index (κ3) is 3.31. The van der Waals surface area contributed by atoms with E-state index < -0.39 is 47.5 Å². The Balaban J connectivity index is 1.24. The number of ketones is 1. The van der Waals surface area contributed by atoms with Crippen LogP contribution in [0.2, 0.25) is 0 Å². The van der Waals surface area contributed by atoms with Crippen molar-refractivity contribution in [2.24, 2.45) is 5.92 Å². The van der Waals surface area contributed by atoms with Crippen LogP contribution in [-0.4, -0.2) is 94.0 Å². The number of phenols is 1. The molecular formula is C32H38O11. The Morgan fingerprint density at radius 1 is 1.21 bits per heavy atom. The van der Waals surface area contributed by atoms with Gasteiger partial charge >= 0.3 is 0 Å². The van der Waals surface area contributed by atoms with Crippen LogP contribution in [0.3, 0.4) is 0 Å².